The number of thiophene rings is 1. The highest BCUT2D eigenvalue weighted by molar-refractivity contribution is 8.11. The Balaban J connectivity index is 1.19. The first-order valence-corrected chi connectivity index (χ1v) is 20.6. The third kappa shape index (κ3) is 5.16. The van der Waals surface area contributed by atoms with Gasteiger partial charge in [-0.05, 0) is 99.3 Å². The number of pyridine rings is 1. The lowest BCUT2D eigenvalue weighted by Crippen LogP contribution is -2.36. The second kappa shape index (κ2) is 13.2. The molecule has 1 aliphatic heterocycles. The highest BCUT2D eigenvalue weighted by Crippen LogP contribution is 2.65. The Morgan fingerprint density at radius 3 is 1.89 bits per heavy atom. The Hall–Kier alpha value is -6.67. The lowest BCUT2D eigenvalue weighted by Gasteiger charge is -2.45. The number of thioether (sulfide) groups is 1. The summed E-state index contributed by atoms with van der Waals surface area (Å²) >= 11 is 3.54. The first-order valence-electron chi connectivity index (χ1n) is 18.9. The molecule has 4 heterocycles. The van der Waals surface area contributed by atoms with E-state index < -0.39 is 5.41 Å². The minimum absolute atomic E-state index is 0.531. The van der Waals surface area contributed by atoms with Gasteiger partial charge in [0.25, 0.3) is 0 Å². The van der Waals surface area contributed by atoms with Crippen LogP contribution in [0.3, 0.4) is 0 Å². The molecule has 0 amide bonds. The number of allylic oxidation sites excluding steroid dienone is 1. The predicted octanol–water partition coefficient (Wildman–Crippen LogP) is 13.4. The van der Waals surface area contributed by atoms with Crippen LogP contribution in [0.4, 0.5) is 17.1 Å². The summed E-state index contributed by atoms with van der Waals surface area (Å²) in [5, 5.41) is 7.69. The third-order valence-corrected chi connectivity index (χ3v) is 13.3. The number of rotatable bonds is 6. The maximum atomic E-state index is 5.10. The van der Waals surface area contributed by atoms with Gasteiger partial charge in [0, 0.05) is 43.7 Å². The molecule has 3 aromatic heterocycles. The normalized spacial score (nSPS) is 15.6. The number of hydrogen-bond acceptors (Lipinski definition) is 7. The molecule has 9 aromatic rings. The van der Waals surface area contributed by atoms with Crippen molar-refractivity contribution in [2.24, 2.45) is 0 Å². The summed E-state index contributed by atoms with van der Waals surface area (Å²) in [6, 6.07) is 53.5. The molecule has 0 bridgehead atoms. The van der Waals surface area contributed by atoms with E-state index in [4.69, 9.17) is 19.9 Å². The summed E-state index contributed by atoms with van der Waals surface area (Å²) in [6.45, 7) is 6.47. The maximum Gasteiger partial charge on any atom is 0.164 e. The monoisotopic (exact) mass is 767 g/mol. The molecule has 6 aromatic carbocycles. The predicted molar refractivity (Wildman–Crippen MR) is 238 cm³/mol. The van der Waals surface area contributed by atoms with E-state index in [1.165, 1.54) is 42.8 Å². The van der Waals surface area contributed by atoms with Crippen LogP contribution in [-0.4, -0.2) is 19.9 Å². The fourth-order valence-corrected chi connectivity index (χ4v) is 10.8. The van der Waals surface area contributed by atoms with Crippen molar-refractivity contribution in [3.05, 3.63) is 202 Å². The Kier molecular flexibility index (Phi) is 7.81. The first kappa shape index (κ1) is 33.6. The molecule has 5 nitrogen and oxygen atoms in total. The van der Waals surface area contributed by atoms with Gasteiger partial charge in [-0.3, -0.25) is 4.98 Å². The van der Waals surface area contributed by atoms with Crippen molar-refractivity contribution >= 4 is 66.7 Å². The Morgan fingerprint density at radius 2 is 1.19 bits per heavy atom. The number of anilines is 3. The van der Waals surface area contributed by atoms with Crippen LogP contribution in [0.25, 0.3) is 60.7 Å². The Bertz CT molecular complexity index is 2950. The van der Waals surface area contributed by atoms with E-state index in [1.807, 2.05) is 89.7 Å². The van der Waals surface area contributed by atoms with Gasteiger partial charge in [0.2, 0.25) is 0 Å². The minimum atomic E-state index is -0.531. The molecule has 270 valence electrons. The highest BCUT2D eigenvalue weighted by atomic mass is 32.2. The second-order valence-electron chi connectivity index (χ2n) is 14.4. The number of aromatic nitrogens is 4. The van der Waals surface area contributed by atoms with Gasteiger partial charge in [-0.25, -0.2) is 15.0 Å². The number of hydrogen-bond donors (Lipinski definition) is 0. The van der Waals surface area contributed by atoms with Crippen LogP contribution in [0, 0.1) is 0 Å². The first-order chi connectivity index (χ1) is 28.1. The average Bonchev–Trinajstić information content (AvgIpc) is 3.84. The maximum absolute atomic E-state index is 5.10. The van der Waals surface area contributed by atoms with Crippen molar-refractivity contribution in [3.8, 4) is 34.2 Å². The van der Waals surface area contributed by atoms with Crippen molar-refractivity contribution in [2.45, 2.75) is 12.3 Å². The summed E-state index contributed by atoms with van der Waals surface area (Å²) in [5.74, 6) is 1.88. The van der Waals surface area contributed by atoms with Crippen molar-refractivity contribution in [1.82, 2.24) is 19.9 Å². The van der Waals surface area contributed by atoms with Gasteiger partial charge in [0.05, 0.1) is 22.3 Å². The summed E-state index contributed by atoms with van der Waals surface area (Å²) < 4.78 is 0. The van der Waals surface area contributed by atoms with Gasteiger partial charge in [0.15, 0.2) is 17.5 Å². The van der Waals surface area contributed by atoms with E-state index in [1.54, 1.807) is 11.8 Å². The quantitative estimate of drug-likeness (QED) is 0.168. The lowest BCUT2D eigenvalue weighted by molar-refractivity contribution is 0.735. The molecule has 1 aliphatic carbocycles. The number of nitrogens with zero attached hydrogens (tertiary/aromatic N) is 5. The summed E-state index contributed by atoms with van der Waals surface area (Å²) in [6.07, 6.45) is 1.88. The Morgan fingerprint density at radius 1 is 0.596 bits per heavy atom. The standard InChI is InChI=1S/C50H33N5S2/c1-3-56-45-31(2)50(39-23-25-57-46(39)45)40-27-34-18-10-11-19-35(34)29-43(40)55(44-30-42-36(28-41(44)50)21-13-24-51-42)38-22-12-20-37(26-38)49-53-47(32-14-6-4-7-15-32)52-48(54-49)33-16-8-5-9-17-33/h3-30H,1H2,2H3. The van der Waals surface area contributed by atoms with E-state index in [0.29, 0.717) is 17.5 Å². The molecule has 0 radical (unpaired) electrons. The summed E-state index contributed by atoms with van der Waals surface area (Å²) in [7, 11) is 0. The zero-order valence-corrected chi connectivity index (χ0v) is 32.6. The number of fused-ring (bicyclic) bond motifs is 8. The number of benzene rings is 6. The lowest BCUT2D eigenvalue weighted by atomic mass is 9.64. The molecule has 0 saturated heterocycles. The molecule has 1 spiro atoms. The van der Waals surface area contributed by atoms with Crippen LogP contribution in [0.2, 0.25) is 0 Å². The molecule has 57 heavy (non-hydrogen) atoms. The summed E-state index contributed by atoms with van der Waals surface area (Å²) in [4.78, 5) is 25.1. The van der Waals surface area contributed by atoms with E-state index in [-0.39, 0.29) is 0 Å². The topological polar surface area (TPSA) is 54.8 Å². The molecule has 1 unspecified atom stereocenters. The molecule has 0 saturated carbocycles. The van der Waals surface area contributed by atoms with Crippen LogP contribution < -0.4 is 4.90 Å². The zero-order valence-electron chi connectivity index (χ0n) is 30.9. The molecule has 7 heteroatoms. The zero-order chi connectivity index (χ0) is 38.1. The highest BCUT2D eigenvalue weighted by Gasteiger charge is 2.52. The van der Waals surface area contributed by atoms with E-state index in [0.717, 1.165) is 44.7 Å². The molecule has 11 rings (SSSR count). The van der Waals surface area contributed by atoms with Crippen molar-refractivity contribution in [1.29, 1.82) is 0 Å². The van der Waals surface area contributed by atoms with Crippen LogP contribution >= 0.6 is 23.1 Å². The van der Waals surface area contributed by atoms with Crippen LogP contribution in [0.15, 0.2) is 181 Å². The molecule has 0 N–H and O–H groups in total. The fraction of sp³-hybridized carbons (Fsp3) is 0.0400. The van der Waals surface area contributed by atoms with Crippen LogP contribution in [0.5, 0.6) is 0 Å². The van der Waals surface area contributed by atoms with Gasteiger partial charge in [-0.1, -0.05) is 121 Å². The van der Waals surface area contributed by atoms with Gasteiger partial charge in [-0.2, -0.15) is 0 Å². The molecule has 1 atom stereocenters. The second-order valence-corrected chi connectivity index (χ2v) is 16.3. The smallest absolute Gasteiger partial charge is 0.164 e. The molecular weight excluding hydrogens is 735 g/mol. The molecule has 0 fully saturated rings. The van der Waals surface area contributed by atoms with Gasteiger partial charge in [0.1, 0.15) is 0 Å². The molecule has 2 aliphatic rings. The fourth-order valence-electron chi connectivity index (χ4n) is 8.83. The van der Waals surface area contributed by atoms with E-state index >= 15 is 0 Å². The summed E-state index contributed by atoms with van der Waals surface area (Å²) in [5.41, 5.74) is 11.5. The van der Waals surface area contributed by atoms with Crippen molar-refractivity contribution in [2.75, 3.05) is 4.90 Å². The van der Waals surface area contributed by atoms with Crippen molar-refractivity contribution < 1.29 is 0 Å². The van der Waals surface area contributed by atoms with Gasteiger partial charge in [-0.15, -0.1) is 11.3 Å². The van der Waals surface area contributed by atoms with Gasteiger partial charge >= 0.3 is 0 Å². The molecular formula is C50H33N5S2. The van der Waals surface area contributed by atoms with E-state index in [2.05, 4.69) is 109 Å². The van der Waals surface area contributed by atoms with Crippen molar-refractivity contribution in [3.63, 3.8) is 0 Å². The van der Waals surface area contributed by atoms with Crippen LogP contribution in [0.1, 0.15) is 28.5 Å². The van der Waals surface area contributed by atoms with E-state index in [9.17, 15) is 0 Å². The SMILES string of the molecule is C=CSC1=C(C)C2(c3cc4ccccc4cc3N(c3cccc(-c4nc(-c5ccccc5)nc(-c5ccccc5)n4)c3)c3cc4ncccc4cc32)c2ccsc21. The van der Waals surface area contributed by atoms with Gasteiger partial charge < -0.3 is 4.90 Å². The Labute approximate surface area is 338 Å². The third-order valence-electron chi connectivity index (χ3n) is 11.3. The largest absolute Gasteiger partial charge is 0.310 e. The van der Waals surface area contributed by atoms with Crippen LogP contribution in [-0.2, 0) is 5.41 Å². The minimum Gasteiger partial charge on any atom is -0.310 e. The average molecular weight is 768 g/mol.